The molecule has 2 aromatic rings. The average Bonchev–Trinajstić information content (AvgIpc) is 2.62. The topological polar surface area (TPSA) is 123 Å². The summed E-state index contributed by atoms with van der Waals surface area (Å²) in [5.41, 5.74) is 2.10. The lowest BCUT2D eigenvalue weighted by atomic mass is 10.2. The van der Waals surface area contributed by atoms with Crippen LogP contribution < -0.4 is 10.6 Å². The van der Waals surface area contributed by atoms with E-state index in [2.05, 4.69) is 20.6 Å². The fourth-order valence-corrected chi connectivity index (χ4v) is 2.32. The molecule has 146 valence electrons. The normalized spacial score (nSPS) is 11.1. The van der Waals surface area contributed by atoms with Gasteiger partial charge in [0.1, 0.15) is 11.5 Å². The highest BCUT2D eigenvalue weighted by Crippen LogP contribution is 2.20. The van der Waals surface area contributed by atoms with Gasteiger partial charge in [0.05, 0.1) is 13.1 Å². The lowest BCUT2D eigenvalue weighted by Gasteiger charge is -2.05. The number of hydrogen-bond donors (Lipinski definition) is 4. The number of nitrogens with one attached hydrogen (secondary N) is 2. The monoisotopic (exact) mass is 382 g/mol. The first kappa shape index (κ1) is 20.6. The minimum Gasteiger partial charge on any atom is -0.507 e. The highest BCUT2D eigenvalue weighted by atomic mass is 16.3. The molecule has 0 heterocycles. The van der Waals surface area contributed by atoms with Crippen LogP contribution in [-0.2, 0) is 9.59 Å². The van der Waals surface area contributed by atoms with Gasteiger partial charge in [-0.05, 0) is 36.4 Å². The highest BCUT2D eigenvalue weighted by molar-refractivity contribution is 5.92. The van der Waals surface area contributed by atoms with E-state index in [1.54, 1.807) is 24.3 Å². The zero-order chi connectivity index (χ0) is 20.5. The van der Waals surface area contributed by atoms with Crippen LogP contribution in [-0.4, -0.2) is 47.5 Å². The maximum atomic E-state index is 11.1. The Kier molecular flexibility index (Phi) is 7.27. The van der Waals surface area contributed by atoms with Crippen LogP contribution in [0.5, 0.6) is 11.5 Å². The number of anilines is 2. The SMILES string of the molecule is CC(=O)Nc1ccc(O)c(C=NCCN=Cc2cc(NC(C)=O)ccc2O)c1. The summed E-state index contributed by atoms with van der Waals surface area (Å²) < 4.78 is 0. The van der Waals surface area contributed by atoms with Crippen molar-refractivity contribution in [1.29, 1.82) is 0 Å². The molecule has 0 aliphatic heterocycles. The van der Waals surface area contributed by atoms with Gasteiger partial charge in [0.15, 0.2) is 0 Å². The Morgan fingerprint density at radius 1 is 0.821 bits per heavy atom. The first-order valence-electron chi connectivity index (χ1n) is 8.56. The van der Waals surface area contributed by atoms with Gasteiger partial charge >= 0.3 is 0 Å². The number of hydrogen-bond acceptors (Lipinski definition) is 6. The van der Waals surface area contributed by atoms with Crippen molar-refractivity contribution < 1.29 is 19.8 Å². The molecule has 0 aliphatic carbocycles. The van der Waals surface area contributed by atoms with E-state index in [4.69, 9.17) is 0 Å². The molecule has 0 saturated carbocycles. The number of amides is 2. The minimum absolute atomic E-state index is 0.0565. The molecule has 0 aliphatic rings. The maximum Gasteiger partial charge on any atom is 0.221 e. The number of nitrogens with zero attached hydrogens (tertiary/aromatic N) is 2. The Hall–Kier alpha value is -3.68. The van der Waals surface area contributed by atoms with Crippen molar-refractivity contribution in [3.05, 3.63) is 47.5 Å². The Balaban J connectivity index is 1.94. The number of aliphatic imine (C=N–C) groups is 2. The van der Waals surface area contributed by atoms with Gasteiger partial charge < -0.3 is 20.8 Å². The Morgan fingerprint density at radius 2 is 1.21 bits per heavy atom. The number of benzene rings is 2. The van der Waals surface area contributed by atoms with Crippen molar-refractivity contribution in [2.24, 2.45) is 9.98 Å². The summed E-state index contributed by atoms with van der Waals surface area (Å²) in [7, 11) is 0. The van der Waals surface area contributed by atoms with Crippen LogP contribution in [0.15, 0.2) is 46.4 Å². The third-order valence-corrected chi connectivity index (χ3v) is 3.51. The van der Waals surface area contributed by atoms with E-state index in [0.717, 1.165) is 0 Å². The van der Waals surface area contributed by atoms with Crippen molar-refractivity contribution in [3.8, 4) is 11.5 Å². The zero-order valence-electron chi connectivity index (χ0n) is 15.6. The van der Waals surface area contributed by atoms with Gasteiger partial charge in [0.2, 0.25) is 11.8 Å². The van der Waals surface area contributed by atoms with Crippen LogP contribution in [0.25, 0.3) is 0 Å². The van der Waals surface area contributed by atoms with E-state index < -0.39 is 0 Å². The van der Waals surface area contributed by atoms with E-state index in [0.29, 0.717) is 35.6 Å². The number of carbonyl (C=O) groups is 2. The second-order valence-corrected chi connectivity index (χ2v) is 5.98. The van der Waals surface area contributed by atoms with E-state index in [1.807, 2.05) is 0 Å². The van der Waals surface area contributed by atoms with Crippen molar-refractivity contribution >= 4 is 35.6 Å². The first-order chi connectivity index (χ1) is 13.3. The van der Waals surface area contributed by atoms with Gasteiger partial charge in [-0.1, -0.05) is 0 Å². The summed E-state index contributed by atoms with van der Waals surface area (Å²) >= 11 is 0. The minimum atomic E-state index is -0.200. The van der Waals surface area contributed by atoms with Crippen molar-refractivity contribution in [2.75, 3.05) is 23.7 Å². The number of phenols is 2. The predicted molar refractivity (Wildman–Crippen MR) is 110 cm³/mol. The lowest BCUT2D eigenvalue weighted by Crippen LogP contribution is -2.06. The molecule has 0 saturated heterocycles. The number of phenolic OH excluding ortho intramolecular Hbond substituents is 2. The fraction of sp³-hybridized carbons (Fsp3) is 0.200. The van der Waals surface area contributed by atoms with E-state index in [-0.39, 0.29) is 23.3 Å². The Morgan fingerprint density at radius 3 is 1.57 bits per heavy atom. The Labute approximate surface area is 162 Å². The van der Waals surface area contributed by atoms with Crippen LogP contribution in [0.1, 0.15) is 25.0 Å². The molecule has 0 fully saturated rings. The summed E-state index contributed by atoms with van der Waals surface area (Å²) in [6, 6.07) is 9.40. The third kappa shape index (κ3) is 6.56. The standard InChI is InChI=1S/C20H22N4O4/c1-13(25)23-17-3-5-19(27)15(9-17)11-21-7-8-22-12-16-10-18(24-14(2)26)4-6-20(16)28/h3-6,9-12,27-28H,7-8H2,1-2H3,(H,23,25)(H,24,26). The number of carbonyl (C=O) groups excluding carboxylic acids is 2. The zero-order valence-corrected chi connectivity index (χ0v) is 15.6. The summed E-state index contributed by atoms with van der Waals surface area (Å²) in [5.74, 6) is -0.287. The molecule has 0 radical (unpaired) electrons. The van der Waals surface area contributed by atoms with Gasteiger partial charge in [-0.25, -0.2) is 0 Å². The van der Waals surface area contributed by atoms with Gasteiger partial charge in [-0.3, -0.25) is 19.6 Å². The molecule has 28 heavy (non-hydrogen) atoms. The maximum absolute atomic E-state index is 11.1. The van der Waals surface area contributed by atoms with E-state index in [1.165, 1.54) is 38.4 Å². The first-order valence-corrected chi connectivity index (χ1v) is 8.56. The van der Waals surface area contributed by atoms with Gasteiger partial charge in [0.25, 0.3) is 0 Å². The van der Waals surface area contributed by atoms with Crippen LogP contribution in [0.2, 0.25) is 0 Å². The summed E-state index contributed by atoms with van der Waals surface area (Å²) in [4.78, 5) is 30.6. The largest absolute Gasteiger partial charge is 0.507 e. The van der Waals surface area contributed by atoms with Gasteiger partial charge in [0, 0.05) is 48.8 Å². The van der Waals surface area contributed by atoms with Crippen molar-refractivity contribution in [2.45, 2.75) is 13.8 Å². The molecular weight excluding hydrogens is 360 g/mol. The second-order valence-electron chi connectivity index (χ2n) is 5.98. The quantitative estimate of drug-likeness (QED) is 0.334. The third-order valence-electron chi connectivity index (χ3n) is 3.51. The lowest BCUT2D eigenvalue weighted by molar-refractivity contribution is -0.115. The number of aromatic hydroxyl groups is 2. The predicted octanol–water partition coefficient (Wildman–Crippen LogP) is 2.55. The van der Waals surface area contributed by atoms with Crippen LogP contribution >= 0.6 is 0 Å². The fourth-order valence-electron chi connectivity index (χ4n) is 2.32. The molecule has 0 aromatic heterocycles. The molecule has 8 nitrogen and oxygen atoms in total. The molecule has 2 amide bonds. The molecule has 0 unspecified atom stereocenters. The Bertz CT molecular complexity index is 847. The number of rotatable bonds is 7. The molecule has 2 rings (SSSR count). The molecule has 2 aromatic carbocycles. The molecule has 4 N–H and O–H groups in total. The summed E-state index contributed by atoms with van der Waals surface area (Å²) in [6.45, 7) is 3.55. The van der Waals surface area contributed by atoms with E-state index >= 15 is 0 Å². The van der Waals surface area contributed by atoms with Crippen LogP contribution in [0.4, 0.5) is 11.4 Å². The molecule has 8 heteroatoms. The molecule has 0 atom stereocenters. The molecule has 0 bridgehead atoms. The summed E-state index contributed by atoms with van der Waals surface area (Å²) in [5, 5.41) is 25.0. The van der Waals surface area contributed by atoms with Crippen molar-refractivity contribution in [1.82, 2.24) is 0 Å². The van der Waals surface area contributed by atoms with Crippen molar-refractivity contribution in [3.63, 3.8) is 0 Å². The van der Waals surface area contributed by atoms with Crippen LogP contribution in [0, 0.1) is 0 Å². The molecule has 0 spiro atoms. The smallest absolute Gasteiger partial charge is 0.221 e. The second kappa shape index (κ2) is 9.86. The van der Waals surface area contributed by atoms with Gasteiger partial charge in [-0.2, -0.15) is 0 Å². The average molecular weight is 382 g/mol. The molecular formula is C20H22N4O4. The van der Waals surface area contributed by atoms with E-state index in [9.17, 15) is 19.8 Å². The van der Waals surface area contributed by atoms with Crippen LogP contribution in [0.3, 0.4) is 0 Å². The highest BCUT2D eigenvalue weighted by Gasteiger charge is 2.03. The summed E-state index contributed by atoms with van der Waals surface area (Å²) in [6.07, 6.45) is 3.01. The van der Waals surface area contributed by atoms with Gasteiger partial charge in [-0.15, -0.1) is 0 Å².